The smallest absolute Gasteiger partial charge is 0.270 e. The first-order chi connectivity index (χ1) is 20.7. The van der Waals surface area contributed by atoms with E-state index in [2.05, 4.69) is 4.90 Å². The molecule has 0 atom stereocenters. The molecule has 0 radical (unpaired) electrons. The van der Waals surface area contributed by atoms with Crippen LogP contribution in [0.5, 0.6) is 0 Å². The third-order valence-electron chi connectivity index (χ3n) is 8.38. The number of carbonyl (C=O) groups is 1. The zero-order valence-electron chi connectivity index (χ0n) is 23.3. The normalized spacial score (nSPS) is 17.4. The lowest BCUT2D eigenvalue weighted by atomic mass is 9.82. The number of hydrogen-bond acceptors (Lipinski definition) is 7. The number of non-ortho nitro benzene ring substituents is 1. The van der Waals surface area contributed by atoms with E-state index in [4.69, 9.17) is 9.41 Å². The van der Waals surface area contributed by atoms with Crippen LogP contribution >= 0.6 is 0 Å². The van der Waals surface area contributed by atoms with Crippen molar-refractivity contribution in [1.82, 2.24) is 9.80 Å². The number of halogens is 2. The summed E-state index contributed by atoms with van der Waals surface area (Å²) in [5.41, 5.74) is -0.181. The number of amidine groups is 1. The number of nitrogens with zero attached hydrogens (tertiary/aromatic N) is 4. The van der Waals surface area contributed by atoms with Crippen molar-refractivity contribution in [3.05, 3.63) is 122 Å². The van der Waals surface area contributed by atoms with Crippen molar-refractivity contribution < 1.29 is 22.9 Å². The predicted molar refractivity (Wildman–Crippen MR) is 156 cm³/mol. The molecule has 0 spiro atoms. The van der Waals surface area contributed by atoms with Crippen LogP contribution in [0.15, 0.2) is 87.2 Å². The Morgan fingerprint density at radius 2 is 1.58 bits per heavy atom. The molecule has 3 aromatic carbocycles. The van der Waals surface area contributed by atoms with E-state index in [0.29, 0.717) is 54.3 Å². The topological polar surface area (TPSA) is 109 Å². The summed E-state index contributed by atoms with van der Waals surface area (Å²) in [6.07, 6.45) is 2.94. The van der Waals surface area contributed by atoms with Crippen molar-refractivity contribution in [2.75, 3.05) is 19.6 Å². The van der Waals surface area contributed by atoms with Gasteiger partial charge < -0.3 is 4.42 Å². The average Bonchev–Trinajstić information content (AvgIpc) is 3.25. The van der Waals surface area contributed by atoms with Gasteiger partial charge >= 0.3 is 0 Å². The lowest BCUT2D eigenvalue weighted by molar-refractivity contribution is -0.384. The first kappa shape index (κ1) is 28.4. The summed E-state index contributed by atoms with van der Waals surface area (Å²) in [4.78, 5) is 46.4. The molecule has 6 rings (SSSR count). The van der Waals surface area contributed by atoms with E-state index in [1.807, 2.05) is 0 Å². The molecular weight excluding hydrogens is 558 g/mol. The highest BCUT2D eigenvalue weighted by atomic mass is 19.1. The second kappa shape index (κ2) is 11.1. The Morgan fingerprint density at radius 1 is 0.977 bits per heavy atom. The molecule has 1 fully saturated rings. The van der Waals surface area contributed by atoms with Crippen molar-refractivity contribution >= 4 is 28.4 Å². The van der Waals surface area contributed by atoms with Crippen LogP contribution in [-0.4, -0.2) is 46.1 Å². The van der Waals surface area contributed by atoms with Gasteiger partial charge in [0, 0.05) is 30.8 Å². The molecule has 0 unspecified atom stereocenters. The van der Waals surface area contributed by atoms with E-state index in [1.54, 1.807) is 11.8 Å². The van der Waals surface area contributed by atoms with Gasteiger partial charge in [0.25, 0.3) is 11.6 Å². The monoisotopic (exact) mass is 586 g/mol. The molecule has 0 saturated carbocycles. The molecule has 1 amide bonds. The molecule has 11 heteroatoms. The number of carbonyl (C=O) groups excluding carboxylic acids is 1. The van der Waals surface area contributed by atoms with Crippen molar-refractivity contribution in [2.45, 2.75) is 31.8 Å². The van der Waals surface area contributed by atoms with Gasteiger partial charge in [-0.1, -0.05) is 24.3 Å². The predicted octanol–water partition coefficient (Wildman–Crippen LogP) is 5.40. The summed E-state index contributed by atoms with van der Waals surface area (Å²) in [7, 11) is 0. The fourth-order valence-corrected chi connectivity index (χ4v) is 6.04. The Kier molecular flexibility index (Phi) is 7.35. The maximum atomic E-state index is 14.1. The lowest BCUT2D eigenvalue weighted by Crippen LogP contribution is -2.45. The second-order valence-electron chi connectivity index (χ2n) is 11.0. The van der Waals surface area contributed by atoms with E-state index >= 15 is 0 Å². The van der Waals surface area contributed by atoms with Gasteiger partial charge in [-0.05, 0) is 80.2 Å². The third-order valence-corrected chi connectivity index (χ3v) is 8.38. The van der Waals surface area contributed by atoms with Crippen molar-refractivity contribution in [2.24, 2.45) is 10.9 Å². The van der Waals surface area contributed by atoms with Gasteiger partial charge in [0.1, 0.15) is 23.1 Å². The molecule has 2 aliphatic rings. The Hall–Kier alpha value is -4.77. The highest BCUT2D eigenvalue weighted by Gasteiger charge is 2.50. The summed E-state index contributed by atoms with van der Waals surface area (Å²) in [5, 5.41) is 11.3. The Balaban J connectivity index is 1.16. The zero-order valence-corrected chi connectivity index (χ0v) is 23.3. The second-order valence-corrected chi connectivity index (χ2v) is 11.0. The molecule has 0 N–H and O–H groups in total. The van der Waals surface area contributed by atoms with Crippen molar-refractivity contribution in [1.29, 1.82) is 0 Å². The largest absolute Gasteiger partial charge is 0.464 e. The van der Waals surface area contributed by atoms with Crippen LogP contribution < -0.4 is 5.43 Å². The van der Waals surface area contributed by atoms with Gasteiger partial charge in [-0.2, -0.15) is 0 Å². The summed E-state index contributed by atoms with van der Waals surface area (Å²) >= 11 is 0. The number of rotatable bonds is 7. The van der Waals surface area contributed by atoms with E-state index in [-0.39, 0.29) is 28.3 Å². The molecular formula is C32H28F2N4O5. The quantitative estimate of drug-likeness (QED) is 0.212. The van der Waals surface area contributed by atoms with E-state index in [9.17, 15) is 28.5 Å². The minimum Gasteiger partial charge on any atom is -0.464 e. The van der Waals surface area contributed by atoms with Crippen LogP contribution in [0.3, 0.4) is 0 Å². The van der Waals surface area contributed by atoms with Gasteiger partial charge in [-0.15, -0.1) is 0 Å². The third kappa shape index (κ3) is 5.20. The SMILES string of the molecule is CC1=NC(c2ccc(F)cc2)(c2ccc(F)cc2)C(=O)N1CC1CCN(Cc2coc3ccc([N+](=O)[O-])cc3c2=O)CC1. The number of nitro benzene ring substituents is 1. The lowest BCUT2D eigenvalue weighted by Gasteiger charge is -2.34. The summed E-state index contributed by atoms with van der Waals surface area (Å²) in [6, 6.07) is 15.3. The van der Waals surface area contributed by atoms with Gasteiger partial charge in [-0.25, -0.2) is 13.8 Å². The average molecular weight is 587 g/mol. The fraction of sp³-hybridized carbons (Fsp3) is 0.281. The minimum absolute atomic E-state index is 0.165. The van der Waals surface area contributed by atoms with Gasteiger partial charge in [-0.3, -0.25) is 29.5 Å². The van der Waals surface area contributed by atoms with Crippen LogP contribution in [-0.2, 0) is 16.9 Å². The summed E-state index contributed by atoms with van der Waals surface area (Å²) in [6.45, 7) is 3.90. The highest BCUT2D eigenvalue weighted by molar-refractivity contribution is 6.09. The van der Waals surface area contributed by atoms with Crippen LogP contribution in [0.25, 0.3) is 11.0 Å². The number of fused-ring (bicyclic) bond motifs is 1. The molecule has 43 heavy (non-hydrogen) atoms. The molecule has 1 aromatic heterocycles. The van der Waals surface area contributed by atoms with Crippen molar-refractivity contribution in [3.8, 4) is 0 Å². The Labute approximate surface area is 245 Å². The van der Waals surface area contributed by atoms with Gasteiger partial charge in [0.2, 0.25) is 0 Å². The molecule has 1 saturated heterocycles. The number of aliphatic imine (C=N–C) groups is 1. The number of piperidine rings is 1. The van der Waals surface area contributed by atoms with E-state index < -0.39 is 22.1 Å². The first-order valence-corrected chi connectivity index (χ1v) is 14.0. The highest BCUT2D eigenvalue weighted by Crippen LogP contribution is 2.41. The minimum atomic E-state index is -1.44. The molecule has 0 aliphatic carbocycles. The molecule has 3 heterocycles. The number of amides is 1. The van der Waals surface area contributed by atoms with E-state index in [1.165, 1.54) is 73.0 Å². The van der Waals surface area contributed by atoms with Crippen molar-refractivity contribution in [3.63, 3.8) is 0 Å². The zero-order chi connectivity index (χ0) is 30.3. The summed E-state index contributed by atoms with van der Waals surface area (Å²) < 4.78 is 33.2. The number of nitro groups is 1. The van der Waals surface area contributed by atoms with Crippen LogP contribution in [0.4, 0.5) is 14.5 Å². The fourth-order valence-electron chi connectivity index (χ4n) is 6.04. The van der Waals surface area contributed by atoms with Crippen LogP contribution in [0, 0.1) is 27.7 Å². The summed E-state index contributed by atoms with van der Waals surface area (Å²) in [5.74, 6) is -0.443. The van der Waals surface area contributed by atoms with Gasteiger partial charge in [0.15, 0.2) is 11.0 Å². The van der Waals surface area contributed by atoms with Crippen LogP contribution in [0.2, 0.25) is 0 Å². The van der Waals surface area contributed by atoms with Crippen LogP contribution in [0.1, 0.15) is 36.5 Å². The Bertz CT molecular complexity index is 1750. The van der Waals surface area contributed by atoms with Gasteiger partial charge in [0.05, 0.1) is 16.6 Å². The number of benzene rings is 3. The standard InChI is InChI=1S/C32H28F2N4O5/c1-20-35-32(23-2-6-25(33)7-3-23,24-4-8-26(34)9-5-24)31(40)37(20)17-21-12-14-36(15-13-21)18-22-19-43-29-11-10-27(38(41)42)16-28(29)30(22)39/h2-11,16,19,21H,12-15,17-18H2,1H3. The number of likely N-dealkylation sites (tertiary alicyclic amines) is 1. The maximum Gasteiger partial charge on any atom is 0.270 e. The molecule has 9 nitrogen and oxygen atoms in total. The number of hydrogen-bond donors (Lipinski definition) is 0. The molecule has 4 aromatic rings. The van der Waals surface area contributed by atoms with E-state index in [0.717, 1.165) is 12.8 Å². The molecule has 0 bridgehead atoms. The molecule has 2 aliphatic heterocycles. The Morgan fingerprint density at radius 3 is 2.16 bits per heavy atom. The first-order valence-electron chi connectivity index (χ1n) is 14.0. The molecule has 220 valence electrons. The maximum absolute atomic E-state index is 14.1.